The molecule has 0 unspecified atom stereocenters. The van der Waals surface area contributed by atoms with Crippen molar-refractivity contribution in [3.63, 3.8) is 0 Å². The summed E-state index contributed by atoms with van der Waals surface area (Å²) in [5.41, 5.74) is 5.45. The molecule has 1 aliphatic heterocycles. The van der Waals surface area contributed by atoms with Crippen LogP contribution in [-0.4, -0.2) is 39.2 Å². The van der Waals surface area contributed by atoms with Gasteiger partial charge in [0, 0.05) is 12.1 Å². The standard InChI is InChI=1S/C22H25N5O2S/c1-3-14-23-21(28)19-18(15-10-12-17(13-11-15)29-4-2)26-27-20(24-25-22(27)30-19)16-8-6-5-7-9-16/h5-13,18-19,26H,3-4,14H2,1-2H3,(H,23,28)/t18-,19-/m1/s1. The van der Waals surface area contributed by atoms with E-state index in [-0.39, 0.29) is 17.2 Å². The number of ether oxygens (including phenoxy) is 1. The van der Waals surface area contributed by atoms with E-state index in [1.807, 2.05) is 73.1 Å². The maximum absolute atomic E-state index is 12.9. The number of rotatable bonds is 7. The van der Waals surface area contributed by atoms with Gasteiger partial charge >= 0.3 is 0 Å². The summed E-state index contributed by atoms with van der Waals surface area (Å²) < 4.78 is 7.45. The highest BCUT2D eigenvalue weighted by Crippen LogP contribution is 2.38. The number of benzene rings is 2. The summed E-state index contributed by atoms with van der Waals surface area (Å²) in [6, 6.07) is 17.5. The van der Waals surface area contributed by atoms with E-state index in [4.69, 9.17) is 4.74 Å². The summed E-state index contributed by atoms with van der Waals surface area (Å²) in [5, 5.41) is 12.0. The van der Waals surface area contributed by atoms with Crippen LogP contribution in [0, 0.1) is 0 Å². The number of hydrogen-bond donors (Lipinski definition) is 2. The van der Waals surface area contributed by atoms with E-state index < -0.39 is 0 Å². The van der Waals surface area contributed by atoms with Crippen LogP contribution in [0.5, 0.6) is 5.75 Å². The predicted octanol–water partition coefficient (Wildman–Crippen LogP) is 3.63. The Morgan fingerprint density at radius 2 is 1.90 bits per heavy atom. The Balaban J connectivity index is 1.69. The zero-order valence-electron chi connectivity index (χ0n) is 17.0. The molecule has 0 spiro atoms. The number of nitrogens with zero attached hydrogens (tertiary/aromatic N) is 3. The molecule has 4 rings (SSSR count). The van der Waals surface area contributed by atoms with Crippen LogP contribution in [0.15, 0.2) is 59.8 Å². The minimum absolute atomic E-state index is 0.0104. The van der Waals surface area contributed by atoms with Crippen molar-refractivity contribution < 1.29 is 9.53 Å². The third kappa shape index (κ3) is 4.14. The van der Waals surface area contributed by atoms with Gasteiger partial charge in [-0.15, -0.1) is 10.2 Å². The number of carbonyl (C=O) groups excluding carboxylic acids is 1. The fourth-order valence-corrected chi connectivity index (χ4v) is 4.47. The van der Waals surface area contributed by atoms with Crippen molar-refractivity contribution in [2.24, 2.45) is 0 Å². The van der Waals surface area contributed by atoms with Crippen molar-refractivity contribution in [1.29, 1.82) is 0 Å². The predicted molar refractivity (Wildman–Crippen MR) is 118 cm³/mol. The fraction of sp³-hybridized carbons (Fsp3) is 0.318. The van der Waals surface area contributed by atoms with Crippen LogP contribution in [0.4, 0.5) is 0 Å². The van der Waals surface area contributed by atoms with E-state index in [0.717, 1.165) is 29.1 Å². The Bertz CT molecular complexity index is 991. The molecule has 2 N–H and O–H groups in total. The van der Waals surface area contributed by atoms with Crippen LogP contribution in [0.3, 0.4) is 0 Å². The SMILES string of the molecule is CCCNC(=O)[C@@H]1Sc2nnc(-c3ccccc3)n2N[C@@H]1c1ccc(OCC)cc1. The number of aromatic nitrogens is 3. The largest absolute Gasteiger partial charge is 0.494 e. The number of nitrogens with one attached hydrogen (secondary N) is 2. The van der Waals surface area contributed by atoms with Crippen molar-refractivity contribution in [2.45, 2.75) is 36.7 Å². The molecule has 0 saturated carbocycles. The minimum atomic E-state index is -0.366. The van der Waals surface area contributed by atoms with Gasteiger partial charge in [-0.1, -0.05) is 61.2 Å². The highest BCUT2D eigenvalue weighted by Gasteiger charge is 2.37. The average molecular weight is 424 g/mol. The number of carbonyl (C=O) groups is 1. The lowest BCUT2D eigenvalue weighted by atomic mass is 10.0. The molecule has 30 heavy (non-hydrogen) atoms. The van der Waals surface area contributed by atoms with Gasteiger partial charge in [0.2, 0.25) is 11.1 Å². The number of fused-ring (bicyclic) bond motifs is 1. The first kappa shape index (κ1) is 20.3. The molecular formula is C22H25N5O2S. The molecule has 2 aromatic carbocycles. The second-order valence-electron chi connectivity index (χ2n) is 6.95. The monoisotopic (exact) mass is 423 g/mol. The van der Waals surface area contributed by atoms with Crippen molar-refractivity contribution in [3.8, 4) is 17.1 Å². The Labute approximate surface area is 180 Å². The minimum Gasteiger partial charge on any atom is -0.494 e. The summed E-state index contributed by atoms with van der Waals surface area (Å²) >= 11 is 1.43. The zero-order valence-corrected chi connectivity index (χ0v) is 17.9. The maximum atomic E-state index is 12.9. The first-order valence-corrected chi connectivity index (χ1v) is 11.0. The van der Waals surface area contributed by atoms with Crippen LogP contribution < -0.4 is 15.5 Å². The van der Waals surface area contributed by atoms with E-state index in [9.17, 15) is 4.79 Å². The summed E-state index contributed by atoms with van der Waals surface area (Å²) in [6.07, 6.45) is 0.888. The molecule has 0 saturated heterocycles. The van der Waals surface area contributed by atoms with Crippen LogP contribution >= 0.6 is 11.8 Å². The molecule has 1 amide bonds. The van der Waals surface area contributed by atoms with Crippen molar-refractivity contribution >= 4 is 17.7 Å². The number of amides is 1. The highest BCUT2D eigenvalue weighted by molar-refractivity contribution is 8.00. The van der Waals surface area contributed by atoms with E-state index in [1.54, 1.807) is 0 Å². The maximum Gasteiger partial charge on any atom is 0.236 e. The van der Waals surface area contributed by atoms with Gasteiger partial charge in [0.1, 0.15) is 11.0 Å². The molecule has 2 atom stereocenters. The first-order chi connectivity index (χ1) is 14.7. The number of hydrogen-bond acceptors (Lipinski definition) is 6. The molecule has 0 aliphatic carbocycles. The lowest BCUT2D eigenvalue weighted by molar-refractivity contribution is -0.120. The average Bonchev–Trinajstić information content (AvgIpc) is 3.21. The van der Waals surface area contributed by atoms with Gasteiger partial charge in [-0.25, -0.2) is 4.68 Å². The third-order valence-corrected chi connectivity index (χ3v) is 6.04. The van der Waals surface area contributed by atoms with Gasteiger partial charge in [-0.2, -0.15) is 0 Å². The molecule has 8 heteroatoms. The van der Waals surface area contributed by atoms with Gasteiger partial charge < -0.3 is 15.5 Å². The zero-order chi connectivity index (χ0) is 20.9. The normalized spacial score (nSPS) is 17.7. The van der Waals surface area contributed by atoms with Crippen LogP contribution in [0.25, 0.3) is 11.4 Å². The van der Waals surface area contributed by atoms with E-state index in [1.165, 1.54) is 11.8 Å². The van der Waals surface area contributed by atoms with Crippen LogP contribution in [-0.2, 0) is 4.79 Å². The van der Waals surface area contributed by atoms with Crippen molar-refractivity contribution in [3.05, 3.63) is 60.2 Å². The quantitative estimate of drug-likeness (QED) is 0.604. The molecule has 1 aromatic heterocycles. The van der Waals surface area contributed by atoms with Gasteiger partial charge in [-0.3, -0.25) is 4.79 Å². The number of thioether (sulfide) groups is 1. The van der Waals surface area contributed by atoms with Crippen molar-refractivity contribution in [1.82, 2.24) is 20.2 Å². The molecule has 0 fully saturated rings. The lowest BCUT2D eigenvalue weighted by Crippen LogP contribution is -2.44. The highest BCUT2D eigenvalue weighted by atomic mass is 32.2. The van der Waals surface area contributed by atoms with E-state index in [2.05, 4.69) is 20.9 Å². The second-order valence-corrected chi connectivity index (χ2v) is 8.05. The Morgan fingerprint density at radius 3 is 2.60 bits per heavy atom. The summed E-state index contributed by atoms with van der Waals surface area (Å²) in [7, 11) is 0. The molecule has 1 aliphatic rings. The van der Waals surface area contributed by atoms with E-state index >= 15 is 0 Å². The molecule has 0 bridgehead atoms. The Kier molecular flexibility index (Phi) is 6.23. The van der Waals surface area contributed by atoms with E-state index in [0.29, 0.717) is 18.3 Å². The summed E-state index contributed by atoms with van der Waals surface area (Å²) in [4.78, 5) is 12.9. The lowest BCUT2D eigenvalue weighted by Gasteiger charge is -2.33. The van der Waals surface area contributed by atoms with Gasteiger partial charge in [-0.05, 0) is 31.0 Å². The van der Waals surface area contributed by atoms with Crippen LogP contribution in [0.1, 0.15) is 31.9 Å². The van der Waals surface area contributed by atoms with Gasteiger partial charge in [0.25, 0.3) is 0 Å². The summed E-state index contributed by atoms with van der Waals surface area (Å²) in [6.45, 7) is 5.26. The molecular weight excluding hydrogens is 398 g/mol. The molecule has 7 nitrogen and oxygen atoms in total. The molecule has 2 heterocycles. The Morgan fingerprint density at radius 1 is 1.13 bits per heavy atom. The smallest absolute Gasteiger partial charge is 0.236 e. The second kappa shape index (κ2) is 9.21. The first-order valence-electron chi connectivity index (χ1n) is 10.2. The van der Waals surface area contributed by atoms with Gasteiger partial charge in [0.05, 0.1) is 12.6 Å². The molecule has 3 aromatic rings. The third-order valence-electron chi connectivity index (χ3n) is 4.83. The molecule has 0 radical (unpaired) electrons. The van der Waals surface area contributed by atoms with Crippen LogP contribution in [0.2, 0.25) is 0 Å². The topological polar surface area (TPSA) is 81.1 Å². The van der Waals surface area contributed by atoms with Gasteiger partial charge in [0.15, 0.2) is 5.82 Å². The summed E-state index contributed by atoms with van der Waals surface area (Å²) in [5.74, 6) is 1.52. The van der Waals surface area contributed by atoms with Crippen molar-refractivity contribution in [2.75, 3.05) is 18.6 Å². The fourth-order valence-electron chi connectivity index (χ4n) is 3.37. The molecule has 156 valence electrons. The Hall–Kier alpha value is -3.00.